The van der Waals surface area contributed by atoms with Crippen LogP contribution in [0.4, 0.5) is 0 Å². The molecule has 0 heterocycles. The molecule has 1 aliphatic rings. The molecule has 2 rings (SSSR count). The van der Waals surface area contributed by atoms with Crippen LogP contribution in [0.15, 0.2) is 53.0 Å². The molecule has 0 unspecified atom stereocenters. The van der Waals surface area contributed by atoms with Gasteiger partial charge in [-0.3, -0.25) is 4.79 Å². The maximum Gasteiger partial charge on any atom is 0.303 e. The van der Waals surface area contributed by atoms with E-state index in [1.807, 2.05) is 19.1 Å². The minimum Gasteiger partial charge on any atom is -0.481 e. The van der Waals surface area contributed by atoms with Crippen LogP contribution in [0.3, 0.4) is 0 Å². The number of benzene rings is 1. The molecule has 0 saturated heterocycles. The van der Waals surface area contributed by atoms with Crippen molar-refractivity contribution in [3.05, 3.63) is 53.6 Å². The molecule has 0 amide bonds. The van der Waals surface area contributed by atoms with Crippen molar-refractivity contribution in [3.8, 4) is 0 Å². The summed E-state index contributed by atoms with van der Waals surface area (Å²) >= 11 is 0. The molecule has 1 aromatic carbocycles. The van der Waals surface area contributed by atoms with E-state index < -0.39 is 16.0 Å². The lowest BCUT2D eigenvalue weighted by molar-refractivity contribution is -0.137. The topological polar surface area (TPSA) is 83.5 Å². The van der Waals surface area contributed by atoms with Gasteiger partial charge in [-0.05, 0) is 51.2 Å². The van der Waals surface area contributed by atoms with Crippen LogP contribution in [0.2, 0.25) is 0 Å². The van der Waals surface area contributed by atoms with Crippen LogP contribution in [0.5, 0.6) is 0 Å². The highest BCUT2D eigenvalue weighted by molar-refractivity contribution is 7.89. The summed E-state index contributed by atoms with van der Waals surface area (Å²) in [6.45, 7) is 1.92. The van der Waals surface area contributed by atoms with Crippen LogP contribution in [-0.2, 0) is 14.8 Å². The second-order valence-corrected chi connectivity index (χ2v) is 8.02. The Morgan fingerprint density at radius 1 is 1.28 bits per heavy atom. The van der Waals surface area contributed by atoms with Crippen LogP contribution in [0.1, 0.15) is 44.1 Å². The summed E-state index contributed by atoms with van der Waals surface area (Å²) in [5.74, 6) is -0.780. The maximum absolute atomic E-state index is 12.5. The number of aryl methyl sites for hydroxylation is 1. The van der Waals surface area contributed by atoms with E-state index in [9.17, 15) is 13.2 Å². The van der Waals surface area contributed by atoms with Crippen molar-refractivity contribution >= 4 is 16.0 Å². The first kappa shape index (κ1) is 19.4. The van der Waals surface area contributed by atoms with E-state index in [0.29, 0.717) is 12.8 Å². The lowest BCUT2D eigenvalue weighted by atomic mass is 10.1. The third-order valence-corrected chi connectivity index (χ3v) is 5.71. The van der Waals surface area contributed by atoms with Crippen molar-refractivity contribution in [1.29, 1.82) is 0 Å². The van der Waals surface area contributed by atoms with Gasteiger partial charge in [0.15, 0.2) is 0 Å². The van der Waals surface area contributed by atoms with Crippen LogP contribution < -0.4 is 4.72 Å². The van der Waals surface area contributed by atoms with Crippen LogP contribution >= 0.6 is 0 Å². The van der Waals surface area contributed by atoms with Crippen molar-refractivity contribution in [2.24, 2.45) is 0 Å². The van der Waals surface area contributed by atoms with Gasteiger partial charge in [0, 0.05) is 12.5 Å². The maximum atomic E-state index is 12.5. The fourth-order valence-electron chi connectivity index (χ4n) is 2.80. The molecule has 0 fully saturated rings. The molecule has 0 spiro atoms. The monoisotopic (exact) mass is 363 g/mol. The highest BCUT2D eigenvalue weighted by atomic mass is 32.2. The minimum absolute atomic E-state index is 0.171. The van der Waals surface area contributed by atoms with Crippen molar-refractivity contribution in [2.45, 2.75) is 56.4 Å². The van der Waals surface area contributed by atoms with E-state index in [2.05, 4.69) is 10.8 Å². The molecule has 0 radical (unpaired) electrons. The predicted molar refractivity (Wildman–Crippen MR) is 97.8 cm³/mol. The fourth-order valence-corrected chi connectivity index (χ4v) is 4.08. The Kier molecular flexibility index (Phi) is 6.96. The van der Waals surface area contributed by atoms with E-state index in [1.54, 1.807) is 24.3 Å². The molecule has 0 aliphatic heterocycles. The summed E-state index contributed by atoms with van der Waals surface area (Å²) in [4.78, 5) is 10.7. The third kappa shape index (κ3) is 6.14. The Morgan fingerprint density at radius 3 is 2.68 bits per heavy atom. The molecule has 2 N–H and O–H groups in total. The Hall–Kier alpha value is -1.92. The van der Waals surface area contributed by atoms with Gasteiger partial charge in [-0.25, -0.2) is 13.1 Å². The van der Waals surface area contributed by atoms with Gasteiger partial charge in [0.25, 0.3) is 0 Å². The molecule has 0 saturated carbocycles. The summed E-state index contributed by atoms with van der Waals surface area (Å²) in [7, 11) is -3.52. The number of allylic oxidation sites excluding steroid dienone is 3. The molecule has 6 heteroatoms. The molecule has 0 aromatic heterocycles. The second kappa shape index (κ2) is 8.97. The zero-order valence-corrected chi connectivity index (χ0v) is 15.3. The summed E-state index contributed by atoms with van der Waals surface area (Å²) in [5.41, 5.74) is 2.10. The second-order valence-electron chi connectivity index (χ2n) is 6.30. The molecule has 25 heavy (non-hydrogen) atoms. The quantitative estimate of drug-likeness (QED) is 0.519. The minimum atomic E-state index is -3.52. The normalized spacial score (nSPS) is 17.8. The molecule has 1 aromatic rings. The number of rotatable bonds is 9. The van der Waals surface area contributed by atoms with Gasteiger partial charge in [0.1, 0.15) is 0 Å². The van der Waals surface area contributed by atoms with Crippen molar-refractivity contribution in [1.82, 2.24) is 4.72 Å². The number of carboxylic acids is 1. The number of nitrogens with one attached hydrogen (secondary N) is 1. The lowest BCUT2D eigenvalue weighted by Crippen LogP contribution is -2.34. The number of sulfonamides is 1. The molecule has 0 bridgehead atoms. The van der Waals surface area contributed by atoms with Crippen LogP contribution in [-0.4, -0.2) is 25.5 Å². The van der Waals surface area contributed by atoms with E-state index in [4.69, 9.17) is 5.11 Å². The van der Waals surface area contributed by atoms with Gasteiger partial charge in [-0.2, -0.15) is 0 Å². The number of hydrogen-bond acceptors (Lipinski definition) is 3. The van der Waals surface area contributed by atoms with Gasteiger partial charge in [-0.1, -0.05) is 41.5 Å². The summed E-state index contributed by atoms with van der Waals surface area (Å²) in [6, 6.07) is 6.66. The van der Waals surface area contributed by atoms with E-state index >= 15 is 0 Å². The van der Waals surface area contributed by atoms with Crippen molar-refractivity contribution in [3.63, 3.8) is 0 Å². The fraction of sp³-hybridized carbons (Fsp3) is 0.421. The Balaban J connectivity index is 1.89. The van der Waals surface area contributed by atoms with E-state index in [1.165, 1.54) is 0 Å². The smallest absolute Gasteiger partial charge is 0.303 e. The molecule has 136 valence electrons. The van der Waals surface area contributed by atoms with Gasteiger partial charge >= 0.3 is 5.97 Å². The summed E-state index contributed by atoms with van der Waals surface area (Å²) in [5, 5.41) is 8.60. The number of unbranched alkanes of at least 4 members (excludes halogenated alkanes) is 1. The lowest BCUT2D eigenvalue weighted by Gasteiger charge is -2.16. The summed E-state index contributed by atoms with van der Waals surface area (Å²) < 4.78 is 27.8. The van der Waals surface area contributed by atoms with Crippen molar-refractivity contribution < 1.29 is 18.3 Å². The Bertz CT molecular complexity index is 748. The SMILES string of the molecule is Cc1ccc(S(=O)(=O)N[C@H]2CCC=C2C/C=C\CCCC(=O)O)cc1. The van der Waals surface area contributed by atoms with Gasteiger partial charge < -0.3 is 5.11 Å². The molecular formula is C19H25NO4S. The van der Waals surface area contributed by atoms with Gasteiger partial charge in [0.05, 0.1) is 4.90 Å². The first-order valence-electron chi connectivity index (χ1n) is 8.53. The summed E-state index contributed by atoms with van der Waals surface area (Å²) in [6.07, 6.45) is 9.88. The average Bonchev–Trinajstić information content (AvgIpc) is 2.97. The Morgan fingerprint density at radius 2 is 2.00 bits per heavy atom. The molecule has 5 nitrogen and oxygen atoms in total. The van der Waals surface area contributed by atoms with Crippen LogP contribution in [0, 0.1) is 6.92 Å². The first-order valence-corrected chi connectivity index (χ1v) is 10.0. The van der Waals surface area contributed by atoms with Crippen molar-refractivity contribution in [2.75, 3.05) is 0 Å². The third-order valence-electron chi connectivity index (χ3n) is 4.22. The highest BCUT2D eigenvalue weighted by Gasteiger charge is 2.24. The number of carboxylic acid groups (broad SMARTS) is 1. The molecule has 1 atom stereocenters. The molecular weight excluding hydrogens is 338 g/mol. The number of hydrogen-bond donors (Lipinski definition) is 2. The highest BCUT2D eigenvalue weighted by Crippen LogP contribution is 2.24. The number of carbonyl (C=O) groups is 1. The first-order chi connectivity index (χ1) is 11.9. The Labute approximate surface area is 149 Å². The zero-order valence-electron chi connectivity index (χ0n) is 14.4. The zero-order chi connectivity index (χ0) is 18.3. The van der Waals surface area contributed by atoms with Gasteiger partial charge in [0.2, 0.25) is 10.0 Å². The average molecular weight is 363 g/mol. The molecule has 1 aliphatic carbocycles. The van der Waals surface area contributed by atoms with E-state index in [0.717, 1.165) is 30.4 Å². The van der Waals surface area contributed by atoms with E-state index in [-0.39, 0.29) is 17.4 Å². The standard InChI is InChI=1S/C19H25NO4S/c1-15-11-13-17(14-12-15)25(23,24)20-18-9-6-8-16(18)7-4-2-3-5-10-19(21)22/h2,4,8,11-14,18,20H,3,5-7,9-10H2,1H3,(H,21,22)/b4-2-/t18-/m0/s1. The largest absolute Gasteiger partial charge is 0.481 e. The van der Waals surface area contributed by atoms with Gasteiger partial charge in [-0.15, -0.1) is 0 Å². The number of aliphatic carboxylic acids is 1. The predicted octanol–water partition coefficient (Wildman–Crippen LogP) is 3.56. The van der Waals surface area contributed by atoms with Crippen LogP contribution in [0.25, 0.3) is 0 Å².